The molecule has 1 aromatic heterocycles. The van der Waals surface area contributed by atoms with Gasteiger partial charge in [0.15, 0.2) is 0 Å². The quantitative estimate of drug-likeness (QED) is 0.747. The molecule has 4 rings (SSSR count). The van der Waals surface area contributed by atoms with E-state index in [-0.39, 0.29) is 17.0 Å². The van der Waals surface area contributed by atoms with Crippen molar-refractivity contribution in [3.63, 3.8) is 0 Å². The Bertz CT molecular complexity index is 1170. The van der Waals surface area contributed by atoms with E-state index in [0.717, 1.165) is 42.4 Å². The fraction of sp³-hybridized carbons (Fsp3) is 0.261. The van der Waals surface area contributed by atoms with Gasteiger partial charge in [-0.25, -0.2) is 0 Å². The summed E-state index contributed by atoms with van der Waals surface area (Å²) >= 11 is 0. The normalized spacial score (nSPS) is 13.7. The zero-order valence-electron chi connectivity index (χ0n) is 16.6. The summed E-state index contributed by atoms with van der Waals surface area (Å²) in [5, 5.41) is 3.64. The van der Waals surface area contributed by atoms with Crippen LogP contribution in [0, 0.1) is 6.92 Å². The van der Waals surface area contributed by atoms with Gasteiger partial charge in [0.2, 0.25) is 0 Å². The van der Waals surface area contributed by atoms with E-state index in [1.807, 2.05) is 42.2 Å². The molecule has 0 spiro atoms. The van der Waals surface area contributed by atoms with Crippen LogP contribution in [0.4, 0.5) is 5.69 Å². The first kappa shape index (κ1) is 18.9. The monoisotopic (exact) mass is 389 g/mol. The number of nitrogens with one attached hydrogen (secondary N) is 1. The van der Waals surface area contributed by atoms with E-state index in [0.29, 0.717) is 11.3 Å². The van der Waals surface area contributed by atoms with Gasteiger partial charge in [-0.2, -0.15) is 0 Å². The third-order valence-electron chi connectivity index (χ3n) is 5.50. The lowest BCUT2D eigenvalue weighted by molar-refractivity contribution is 0.0792. The van der Waals surface area contributed by atoms with E-state index in [1.54, 1.807) is 25.2 Å². The van der Waals surface area contributed by atoms with E-state index in [1.165, 1.54) is 4.57 Å². The number of hydrogen-bond acceptors (Lipinski definition) is 3. The molecule has 1 fully saturated rings. The summed E-state index contributed by atoms with van der Waals surface area (Å²) in [6, 6.07) is 14.3. The summed E-state index contributed by atoms with van der Waals surface area (Å²) in [5.74, 6) is -0.509. The topological polar surface area (TPSA) is 71.4 Å². The molecule has 0 atom stereocenters. The average Bonchev–Trinajstić information content (AvgIpc) is 3.26. The zero-order valence-corrected chi connectivity index (χ0v) is 16.6. The molecule has 1 aliphatic rings. The van der Waals surface area contributed by atoms with Crippen LogP contribution in [0.25, 0.3) is 10.9 Å². The zero-order chi connectivity index (χ0) is 20.5. The molecule has 148 valence electrons. The van der Waals surface area contributed by atoms with Gasteiger partial charge in [-0.05, 0) is 55.0 Å². The van der Waals surface area contributed by atoms with Gasteiger partial charge < -0.3 is 14.8 Å². The standard InChI is InChI=1S/C23H23N3O3/c1-15-9-10-17(22(28)26-11-5-6-12-26)14-19(15)24-21(27)18-13-16-7-3-4-8-20(16)25(2)23(18)29/h3-4,7-10,13-14H,5-6,11-12H2,1-2H3,(H,24,27). The molecule has 2 amide bonds. The van der Waals surface area contributed by atoms with Crippen molar-refractivity contribution >= 4 is 28.4 Å². The van der Waals surface area contributed by atoms with Crippen molar-refractivity contribution in [2.24, 2.45) is 7.05 Å². The Morgan fingerprint density at radius 2 is 1.72 bits per heavy atom. The molecule has 0 aliphatic carbocycles. The summed E-state index contributed by atoms with van der Waals surface area (Å²) in [6.07, 6.45) is 2.04. The highest BCUT2D eigenvalue weighted by Gasteiger charge is 2.21. The Morgan fingerprint density at radius 1 is 1.00 bits per heavy atom. The van der Waals surface area contributed by atoms with Crippen molar-refractivity contribution in [1.82, 2.24) is 9.47 Å². The minimum Gasteiger partial charge on any atom is -0.339 e. The van der Waals surface area contributed by atoms with E-state index in [4.69, 9.17) is 0 Å². The van der Waals surface area contributed by atoms with Gasteiger partial charge in [0.1, 0.15) is 5.56 Å². The number of aromatic nitrogens is 1. The van der Waals surface area contributed by atoms with Crippen LogP contribution in [-0.4, -0.2) is 34.4 Å². The molecule has 0 radical (unpaired) electrons. The molecule has 1 saturated heterocycles. The van der Waals surface area contributed by atoms with Crippen LogP contribution in [0.2, 0.25) is 0 Å². The Balaban J connectivity index is 1.66. The Kier molecular flexibility index (Phi) is 4.92. The number of amides is 2. The van der Waals surface area contributed by atoms with Gasteiger partial charge in [-0.15, -0.1) is 0 Å². The van der Waals surface area contributed by atoms with Crippen LogP contribution >= 0.6 is 0 Å². The van der Waals surface area contributed by atoms with Gasteiger partial charge in [-0.1, -0.05) is 24.3 Å². The first-order valence-electron chi connectivity index (χ1n) is 9.76. The second-order valence-electron chi connectivity index (χ2n) is 7.46. The molecular formula is C23H23N3O3. The number of anilines is 1. The number of rotatable bonds is 3. The number of para-hydroxylation sites is 1. The van der Waals surface area contributed by atoms with E-state index in [9.17, 15) is 14.4 Å². The number of aryl methyl sites for hydroxylation is 2. The van der Waals surface area contributed by atoms with Crippen molar-refractivity contribution in [2.45, 2.75) is 19.8 Å². The third kappa shape index (κ3) is 3.53. The predicted octanol–water partition coefficient (Wildman–Crippen LogP) is 3.34. The Labute approximate surface area is 168 Å². The number of carbonyl (C=O) groups is 2. The molecule has 2 aromatic carbocycles. The minimum absolute atomic E-state index is 0.0281. The molecule has 1 aliphatic heterocycles. The van der Waals surface area contributed by atoms with Gasteiger partial charge in [0.05, 0.1) is 5.52 Å². The van der Waals surface area contributed by atoms with Crippen LogP contribution < -0.4 is 10.9 Å². The molecule has 3 aromatic rings. The van der Waals surface area contributed by atoms with Crippen molar-refractivity contribution in [3.8, 4) is 0 Å². The maximum atomic E-state index is 12.9. The summed E-state index contributed by atoms with van der Waals surface area (Å²) in [4.78, 5) is 40.1. The Morgan fingerprint density at radius 3 is 2.48 bits per heavy atom. The number of fused-ring (bicyclic) bond motifs is 1. The highest BCUT2D eigenvalue weighted by atomic mass is 16.2. The van der Waals surface area contributed by atoms with Crippen LogP contribution in [-0.2, 0) is 7.05 Å². The van der Waals surface area contributed by atoms with Gasteiger partial charge in [-0.3, -0.25) is 14.4 Å². The minimum atomic E-state index is -0.481. The summed E-state index contributed by atoms with van der Waals surface area (Å²) in [7, 11) is 1.65. The van der Waals surface area contributed by atoms with E-state index in [2.05, 4.69) is 5.32 Å². The number of likely N-dealkylation sites (tertiary alicyclic amines) is 1. The van der Waals surface area contributed by atoms with Gasteiger partial charge in [0.25, 0.3) is 17.4 Å². The van der Waals surface area contributed by atoms with E-state index >= 15 is 0 Å². The molecule has 0 saturated carbocycles. The summed E-state index contributed by atoms with van der Waals surface area (Å²) < 4.78 is 1.48. The van der Waals surface area contributed by atoms with Crippen molar-refractivity contribution in [2.75, 3.05) is 18.4 Å². The maximum absolute atomic E-state index is 12.9. The van der Waals surface area contributed by atoms with Crippen LogP contribution in [0.3, 0.4) is 0 Å². The lowest BCUT2D eigenvalue weighted by atomic mass is 10.1. The highest BCUT2D eigenvalue weighted by molar-refractivity contribution is 6.07. The number of pyridine rings is 1. The van der Waals surface area contributed by atoms with Crippen molar-refractivity contribution < 1.29 is 9.59 Å². The van der Waals surface area contributed by atoms with E-state index < -0.39 is 5.91 Å². The largest absolute Gasteiger partial charge is 0.339 e. The molecule has 1 N–H and O–H groups in total. The van der Waals surface area contributed by atoms with Crippen LogP contribution in [0.1, 0.15) is 39.1 Å². The number of nitrogens with zero attached hydrogens (tertiary/aromatic N) is 2. The molecule has 6 nitrogen and oxygen atoms in total. The second-order valence-corrected chi connectivity index (χ2v) is 7.46. The maximum Gasteiger partial charge on any atom is 0.263 e. The number of carbonyl (C=O) groups excluding carboxylic acids is 2. The van der Waals surface area contributed by atoms with Crippen molar-refractivity contribution in [3.05, 3.63) is 75.6 Å². The molecule has 6 heteroatoms. The fourth-order valence-electron chi connectivity index (χ4n) is 3.77. The van der Waals surface area contributed by atoms with Crippen LogP contribution in [0.15, 0.2) is 53.3 Å². The smallest absolute Gasteiger partial charge is 0.263 e. The number of hydrogen-bond donors (Lipinski definition) is 1. The van der Waals surface area contributed by atoms with Gasteiger partial charge in [0, 0.05) is 31.4 Å². The molecule has 2 heterocycles. The second kappa shape index (κ2) is 7.54. The number of benzene rings is 2. The third-order valence-corrected chi connectivity index (χ3v) is 5.50. The SMILES string of the molecule is Cc1ccc(C(=O)N2CCCC2)cc1NC(=O)c1cc2ccccc2n(C)c1=O. The molecule has 0 unspecified atom stereocenters. The summed E-state index contributed by atoms with van der Waals surface area (Å²) in [5.41, 5.74) is 2.39. The summed E-state index contributed by atoms with van der Waals surface area (Å²) in [6.45, 7) is 3.39. The Hall–Kier alpha value is -3.41. The predicted molar refractivity (Wildman–Crippen MR) is 113 cm³/mol. The molecular weight excluding hydrogens is 366 g/mol. The average molecular weight is 389 g/mol. The lowest BCUT2D eigenvalue weighted by Gasteiger charge is -2.17. The highest BCUT2D eigenvalue weighted by Crippen LogP contribution is 2.21. The first-order chi connectivity index (χ1) is 14.0. The lowest BCUT2D eigenvalue weighted by Crippen LogP contribution is -2.29. The van der Waals surface area contributed by atoms with Gasteiger partial charge >= 0.3 is 0 Å². The van der Waals surface area contributed by atoms with Crippen LogP contribution in [0.5, 0.6) is 0 Å². The van der Waals surface area contributed by atoms with Crippen molar-refractivity contribution in [1.29, 1.82) is 0 Å². The molecule has 29 heavy (non-hydrogen) atoms. The first-order valence-corrected chi connectivity index (χ1v) is 9.76. The fourth-order valence-corrected chi connectivity index (χ4v) is 3.77. The molecule has 0 bridgehead atoms.